The molecule has 170 valence electrons. The summed E-state index contributed by atoms with van der Waals surface area (Å²) in [4.78, 5) is 21.9. The molecule has 1 aliphatic carbocycles. The van der Waals surface area contributed by atoms with E-state index in [-0.39, 0.29) is 17.4 Å². The molecule has 0 saturated heterocycles. The largest absolute Gasteiger partial charge is 0.392 e. The van der Waals surface area contributed by atoms with Crippen molar-refractivity contribution in [2.45, 2.75) is 43.7 Å². The Kier molecular flexibility index (Phi) is 5.59. The molecule has 5 rings (SSSR count). The van der Waals surface area contributed by atoms with Crippen molar-refractivity contribution in [1.82, 2.24) is 25.4 Å². The normalized spacial score (nSPS) is 20.1. The minimum absolute atomic E-state index is 0.247. The third kappa shape index (κ3) is 4.21. The van der Waals surface area contributed by atoms with Crippen LogP contribution in [0.2, 0.25) is 0 Å². The van der Waals surface area contributed by atoms with Gasteiger partial charge in [-0.2, -0.15) is 4.98 Å². The van der Waals surface area contributed by atoms with Crippen LogP contribution in [-0.2, 0) is 5.41 Å². The first-order valence-electron chi connectivity index (χ1n) is 11.1. The summed E-state index contributed by atoms with van der Waals surface area (Å²) >= 11 is 0. The van der Waals surface area contributed by atoms with E-state index >= 15 is 0 Å². The van der Waals surface area contributed by atoms with Crippen molar-refractivity contribution < 1.29 is 9.63 Å². The molecule has 2 aromatic heterocycles. The Morgan fingerprint density at radius 2 is 1.94 bits per heavy atom. The number of nitrogens with zero attached hydrogens (tertiary/aromatic N) is 6. The fourth-order valence-corrected chi connectivity index (χ4v) is 4.13. The van der Waals surface area contributed by atoms with Crippen LogP contribution in [0.1, 0.15) is 49.5 Å². The van der Waals surface area contributed by atoms with Gasteiger partial charge < -0.3 is 20.7 Å². The van der Waals surface area contributed by atoms with Gasteiger partial charge in [0.15, 0.2) is 5.82 Å². The van der Waals surface area contributed by atoms with Gasteiger partial charge in [0.1, 0.15) is 11.9 Å². The summed E-state index contributed by atoms with van der Waals surface area (Å²) in [6.07, 6.45) is 7.69. The highest BCUT2D eigenvalue weighted by molar-refractivity contribution is 6.29. The zero-order valence-electron chi connectivity index (χ0n) is 18.3. The molecule has 0 radical (unpaired) electrons. The van der Waals surface area contributed by atoms with Crippen molar-refractivity contribution in [3.05, 3.63) is 53.9 Å². The van der Waals surface area contributed by atoms with Crippen LogP contribution in [0, 0.1) is 0 Å². The Bertz CT molecular complexity index is 1160. The van der Waals surface area contributed by atoms with E-state index < -0.39 is 6.10 Å². The molecule has 3 heterocycles. The highest BCUT2D eigenvalue weighted by Crippen LogP contribution is 2.48. The number of aliphatic hydroxyl groups excluding tert-OH is 1. The quantitative estimate of drug-likeness (QED) is 0.521. The highest BCUT2D eigenvalue weighted by Gasteiger charge is 2.44. The second-order valence-corrected chi connectivity index (χ2v) is 8.55. The maximum absolute atomic E-state index is 9.39. The van der Waals surface area contributed by atoms with Crippen molar-refractivity contribution in [2.24, 2.45) is 9.98 Å². The van der Waals surface area contributed by atoms with E-state index in [1.165, 1.54) is 0 Å². The van der Waals surface area contributed by atoms with Crippen LogP contribution in [0.5, 0.6) is 0 Å². The lowest BCUT2D eigenvalue weighted by Gasteiger charge is -2.39. The number of amidine groups is 1. The van der Waals surface area contributed by atoms with Crippen LogP contribution in [0.25, 0.3) is 11.1 Å². The molecule has 4 N–H and O–H groups in total. The molecule has 2 atom stereocenters. The number of hydrogen-bond acceptors (Lipinski definition) is 10. The number of aromatic nitrogens is 4. The van der Waals surface area contributed by atoms with Crippen LogP contribution in [0.15, 0.2) is 51.2 Å². The predicted octanol–water partition coefficient (Wildman–Crippen LogP) is 2.07. The molecule has 33 heavy (non-hydrogen) atoms. The molecule has 10 heteroatoms. The van der Waals surface area contributed by atoms with E-state index in [9.17, 15) is 5.11 Å². The third-order valence-corrected chi connectivity index (χ3v) is 6.19. The van der Waals surface area contributed by atoms with E-state index in [1.54, 1.807) is 25.5 Å². The van der Waals surface area contributed by atoms with Crippen molar-refractivity contribution in [2.75, 3.05) is 18.8 Å². The van der Waals surface area contributed by atoms with Gasteiger partial charge in [-0.3, -0.25) is 9.98 Å². The molecule has 1 saturated carbocycles. The number of hydrogen-bond donors (Lipinski definition) is 3. The average molecular weight is 447 g/mol. The fourth-order valence-electron chi connectivity index (χ4n) is 4.13. The summed E-state index contributed by atoms with van der Waals surface area (Å²) in [5.41, 5.74) is 8.45. The predicted molar refractivity (Wildman–Crippen MR) is 124 cm³/mol. The first-order chi connectivity index (χ1) is 16.0. The Hall–Kier alpha value is -3.66. The minimum atomic E-state index is -0.454. The van der Waals surface area contributed by atoms with Crippen LogP contribution in [0.3, 0.4) is 0 Å². The Morgan fingerprint density at radius 3 is 2.55 bits per heavy atom. The van der Waals surface area contributed by atoms with Gasteiger partial charge in [-0.15, -0.1) is 0 Å². The number of anilines is 1. The van der Waals surface area contributed by atoms with Gasteiger partial charge in [0.2, 0.25) is 5.95 Å². The lowest BCUT2D eigenvalue weighted by atomic mass is 9.64. The van der Waals surface area contributed by atoms with Gasteiger partial charge in [0.05, 0.1) is 24.3 Å². The summed E-state index contributed by atoms with van der Waals surface area (Å²) in [7, 11) is 0. The van der Waals surface area contributed by atoms with Crippen LogP contribution < -0.4 is 11.1 Å². The number of aliphatic imine (C=N–C) groups is 2. The molecule has 1 aromatic carbocycles. The molecule has 0 amide bonds. The number of nitrogens with one attached hydrogen (secondary N) is 1. The number of aliphatic hydroxyl groups is 1. The molecule has 3 aromatic rings. The van der Waals surface area contributed by atoms with Crippen molar-refractivity contribution in [3.8, 4) is 11.1 Å². The maximum atomic E-state index is 9.39. The molecule has 1 aliphatic heterocycles. The second kappa shape index (κ2) is 8.70. The second-order valence-electron chi connectivity index (χ2n) is 8.55. The lowest BCUT2D eigenvalue weighted by molar-refractivity contribution is 0.198. The van der Waals surface area contributed by atoms with Gasteiger partial charge in [0.25, 0.3) is 5.89 Å². The van der Waals surface area contributed by atoms with Crippen molar-refractivity contribution in [3.63, 3.8) is 0 Å². The first-order valence-corrected chi connectivity index (χ1v) is 11.1. The van der Waals surface area contributed by atoms with Gasteiger partial charge >= 0.3 is 0 Å². The first kappa shape index (κ1) is 21.2. The fraction of sp³-hybridized carbons (Fsp3) is 0.391. The highest BCUT2D eigenvalue weighted by atomic mass is 16.5. The van der Waals surface area contributed by atoms with E-state index in [2.05, 4.69) is 54.7 Å². The van der Waals surface area contributed by atoms with E-state index in [1.807, 2.05) is 0 Å². The molecule has 0 spiro atoms. The summed E-state index contributed by atoms with van der Waals surface area (Å²) in [6.45, 7) is 2.56. The number of nitrogens with two attached hydrogens (primary N) is 1. The van der Waals surface area contributed by atoms with Crippen LogP contribution in [-0.4, -0.2) is 56.5 Å². The third-order valence-electron chi connectivity index (χ3n) is 6.19. The Labute approximate surface area is 191 Å². The minimum Gasteiger partial charge on any atom is -0.392 e. The summed E-state index contributed by atoms with van der Waals surface area (Å²) in [6, 6.07) is 8.06. The van der Waals surface area contributed by atoms with E-state index in [0.717, 1.165) is 36.0 Å². The number of rotatable bonds is 6. The monoisotopic (exact) mass is 446 g/mol. The van der Waals surface area contributed by atoms with Crippen molar-refractivity contribution >= 4 is 18.0 Å². The lowest BCUT2D eigenvalue weighted by Crippen LogP contribution is -2.36. The zero-order chi connectivity index (χ0) is 22.8. The standard InChI is InChI=1S/C23H26N8O2/c1-14(32)9-26-19-13-25-18(12-27-19)20-30-21(31-33-20)23(7-2-8-23)17-5-3-15(4-6-17)16-10-28-22(24)29-11-16/h3-6,10-11,13-14,18,32H,2,7-9,12H2,1H3,(H,26,27)(H2,24,28,29). The SMILES string of the molecule is CC(O)CNC1=NCC(c2nc(C3(c4ccc(-c5cnc(N)nc5)cc4)CCC3)no2)N=C1. The van der Waals surface area contributed by atoms with E-state index in [0.29, 0.717) is 30.6 Å². The molecule has 1 fully saturated rings. The van der Waals surface area contributed by atoms with Crippen molar-refractivity contribution in [1.29, 1.82) is 0 Å². The zero-order valence-corrected chi connectivity index (χ0v) is 18.3. The van der Waals surface area contributed by atoms with E-state index in [4.69, 9.17) is 15.2 Å². The topological polar surface area (TPSA) is 148 Å². The van der Waals surface area contributed by atoms with Crippen LogP contribution >= 0.6 is 0 Å². The van der Waals surface area contributed by atoms with Gasteiger partial charge in [-0.25, -0.2) is 9.97 Å². The number of benzene rings is 1. The maximum Gasteiger partial charge on any atom is 0.253 e. The molecular formula is C23H26N8O2. The molecule has 10 nitrogen and oxygen atoms in total. The average Bonchev–Trinajstić information content (AvgIpc) is 3.29. The summed E-state index contributed by atoms with van der Waals surface area (Å²) in [5.74, 6) is 2.08. The molecular weight excluding hydrogens is 420 g/mol. The van der Waals surface area contributed by atoms with Gasteiger partial charge in [0, 0.05) is 24.5 Å². The smallest absolute Gasteiger partial charge is 0.253 e. The Balaban J connectivity index is 1.32. The molecule has 0 bridgehead atoms. The number of nitrogen functional groups attached to an aromatic ring is 1. The van der Waals surface area contributed by atoms with Gasteiger partial charge in [-0.1, -0.05) is 35.8 Å². The molecule has 2 aliphatic rings. The van der Waals surface area contributed by atoms with Gasteiger partial charge in [-0.05, 0) is 30.9 Å². The van der Waals surface area contributed by atoms with Crippen LogP contribution in [0.4, 0.5) is 5.95 Å². The summed E-state index contributed by atoms with van der Waals surface area (Å²) in [5, 5.41) is 16.8. The molecule has 2 unspecified atom stereocenters. The Morgan fingerprint density at radius 1 is 1.18 bits per heavy atom. The summed E-state index contributed by atoms with van der Waals surface area (Å²) < 4.78 is 5.61.